The van der Waals surface area contributed by atoms with Crippen molar-refractivity contribution in [2.24, 2.45) is 0 Å². The number of rotatable bonds is 5. The molecule has 0 N–H and O–H groups in total. The highest BCUT2D eigenvalue weighted by Gasteiger charge is 2.45. The quantitative estimate of drug-likeness (QED) is 0.529. The maximum absolute atomic E-state index is 13.7. The van der Waals surface area contributed by atoms with E-state index in [-0.39, 0.29) is 5.78 Å². The number of carbonyl (C=O) groups excluding carboxylic acids is 1. The van der Waals surface area contributed by atoms with Crippen LogP contribution >= 0.6 is 0 Å². The van der Waals surface area contributed by atoms with Crippen LogP contribution < -0.4 is 0 Å². The largest absolute Gasteiger partial charge is 0.289 e. The third-order valence-electron chi connectivity index (χ3n) is 4.20. The second-order valence-corrected chi connectivity index (χ2v) is 5.63. The smallest absolute Gasteiger partial charge is 0.241 e. The number of nitrogens with zero attached hydrogens (tertiary/aromatic N) is 4. The molecule has 0 aliphatic heterocycles. The summed E-state index contributed by atoms with van der Waals surface area (Å²) in [5.74, 6) is -0.105. The van der Waals surface area contributed by atoms with Crippen molar-refractivity contribution in [1.82, 2.24) is 19.6 Å². The van der Waals surface area contributed by atoms with Crippen LogP contribution in [0.4, 0.5) is 0 Å². The summed E-state index contributed by atoms with van der Waals surface area (Å²) in [7, 11) is 0. The van der Waals surface area contributed by atoms with Crippen molar-refractivity contribution in [2.45, 2.75) is 5.66 Å². The fourth-order valence-corrected chi connectivity index (χ4v) is 3.09. The van der Waals surface area contributed by atoms with Gasteiger partial charge in [-0.3, -0.25) is 4.79 Å². The average molecular weight is 328 g/mol. The monoisotopic (exact) mass is 328 g/mol. The molecule has 0 saturated carbocycles. The fourth-order valence-electron chi connectivity index (χ4n) is 3.09. The van der Waals surface area contributed by atoms with Crippen LogP contribution in [-0.2, 0) is 5.66 Å². The predicted octanol–water partition coefficient (Wildman–Crippen LogP) is 3.21. The molecule has 0 atom stereocenters. The van der Waals surface area contributed by atoms with Crippen LogP contribution in [0.15, 0.2) is 97.6 Å². The van der Waals surface area contributed by atoms with E-state index in [9.17, 15) is 4.79 Å². The normalized spacial score (nSPS) is 11.4. The molecule has 5 nitrogen and oxygen atoms in total. The molecule has 122 valence electrons. The molecular formula is C20H16N4O. The Bertz CT molecular complexity index is 911. The SMILES string of the molecule is O=C(c1ccccc1)C(c1ccccc1)(n1cccn1)n1cccn1. The van der Waals surface area contributed by atoms with Crippen molar-refractivity contribution in [3.63, 3.8) is 0 Å². The molecule has 0 amide bonds. The van der Waals surface area contributed by atoms with Crippen molar-refractivity contribution in [2.75, 3.05) is 0 Å². The highest BCUT2D eigenvalue weighted by atomic mass is 16.1. The minimum absolute atomic E-state index is 0.105. The summed E-state index contributed by atoms with van der Waals surface area (Å²) < 4.78 is 3.31. The molecule has 0 aliphatic carbocycles. The molecule has 2 aromatic carbocycles. The van der Waals surface area contributed by atoms with Gasteiger partial charge in [-0.15, -0.1) is 0 Å². The molecule has 0 unspecified atom stereocenters. The Morgan fingerprint density at radius 3 is 1.72 bits per heavy atom. The van der Waals surface area contributed by atoms with E-state index < -0.39 is 5.66 Å². The molecule has 25 heavy (non-hydrogen) atoms. The van der Waals surface area contributed by atoms with Crippen LogP contribution in [0.5, 0.6) is 0 Å². The maximum Gasteiger partial charge on any atom is 0.241 e. The van der Waals surface area contributed by atoms with Crippen LogP contribution in [0.2, 0.25) is 0 Å². The van der Waals surface area contributed by atoms with Crippen LogP contribution in [0.25, 0.3) is 0 Å². The summed E-state index contributed by atoms with van der Waals surface area (Å²) in [6, 6.07) is 22.4. The maximum atomic E-state index is 13.7. The van der Waals surface area contributed by atoms with Crippen molar-refractivity contribution in [3.8, 4) is 0 Å². The number of Topliss-reactive ketones (excluding diaryl/α,β-unsaturated/α-hetero) is 1. The van der Waals surface area contributed by atoms with E-state index in [4.69, 9.17) is 0 Å². The van der Waals surface area contributed by atoms with Gasteiger partial charge in [0.2, 0.25) is 11.4 Å². The summed E-state index contributed by atoms with van der Waals surface area (Å²) in [5.41, 5.74) is 0.156. The Kier molecular flexibility index (Phi) is 3.74. The average Bonchev–Trinajstić information content (AvgIpc) is 3.39. The molecule has 0 fully saturated rings. The first-order valence-corrected chi connectivity index (χ1v) is 7.99. The summed E-state index contributed by atoms with van der Waals surface area (Å²) in [6.45, 7) is 0. The van der Waals surface area contributed by atoms with Gasteiger partial charge in [-0.1, -0.05) is 60.7 Å². The van der Waals surface area contributed by atoms with E-state index in [0.717, 1.165) is 5.56 Å². The molecule has 0 spiro atoms. The first kappa shape index (κ1) is 15.1. The van der Waals surface area contributed by atoms with E-state index in [2.05, 4.69) is 10.2 Å². The van der Waals surface area contributed by atoms with Gasteiger partial charge in [-0.05, 0) is 12.1 Å². The zero-order valence-electron chi connectivity index (χ0n) is 13.4. The third-order valence-corrected chi connectivity index (χ3v) is 4.20. The van der Waals surface area contributed by atoms with Gasteiger partial charge in [-0.25, -0.2) is 9.36 Å². The fraction of sp³-hybridized carbons (Fsp3) is 0.0500. The lowest BCUT2D eigenvalue weighted by Gasteiger charge is -2.33. The number of hydrogen-bond donors (Lipinski definition) is 0. The summed E-state index contributed by atoms with van der Waals surface area (Å²) in [6.07, 6.45) is 6.91. The van der Waals surface area contributed by atoms with Crippen LogP contribution in [-0.4, -0.2) is 25.3 Å². The van der Waals surface area contributed by atoms with Gasteiger partial charge < -0.3 is 0 Å². The molecule has 4 aromatic rings. The van der Waals surface area contributed by atoms with Crippen molar-refractivity contribution >= 4 is 5.78 Å². The van der Waals surface area contributed by atoms with E-state index in [1.54, 1.807) is 46.3 Å². The Labute approximate surface area is 145 Å². The van der Waals surface area contributed by atoms with Gasteiger partial charge in [0.25, 0.3) is 0 Å². The van der Waals surface area contributed by atoms with E-state index in [0.29, 0.717) is 5.56 Å². The zero-order valence-corrected chi connectivity index (χ0v) is 13.4. The Balaban J connectivity index is 2.05. The molecule has 5 heteroatoms. The first-order chi connectivity index (χ1) is 12.3. The van der Waals surface area contributed by atoms with Crippen LogP contribution in [0, 0.1) is 0 Å². The van der Waals surface area contributed by atoms with Gasteiger partial charge in [0, 0.05) is 35.9 Å². The number of ketones is 1. The predicted molar refractivity (Wildman–Crippen MR) is 94.1 cm³/mol. The standard InChI is InChI=1S/C20H16N4O/c25-19(17-9-3-1-4-10-17)20(23-15-7-13-21-23,24-16-8-14-22-24)18-11-5-2-6-12-18/h1-16H. The Morgan fingerprint density at radius 1 is 0.720 bits per heavy atom. The summed E-state index contributed by atoms with van der Waals surface area (Å²) in [4.78, 5) is 13.7. The van der Waals surface area contributed by atoms with E-state index in [1.807, 2.05) is 60.7 Å². The molecular weight excluding hydrogens is 312 g/mol. The molecule has 0 radical (unpaired) electrons. The summed E-state index contributed by atoms with van der Waals surface area (Å²) >= 11 is 0. The van der Waals surface area contributed by atoms with Crippen LogP contribution in [0.3, 0.4) is 0 Å². The van der Waals surface area contributed by atoms with Gasteiger partial charge in [0.15, 0.2) is 0 Å². The molecule has 2 heterocycles. The second-order valence-electron chi connectivity index (χ2n) is 5.63. The Hall–Kier alpha value is -3.47. The third kappa shape index (κ3) is 2.37. The summed E-state index contributed by atoms with van der Waals surface area (Å²) in [5, 5.41) is 8.81. The first-order valence-electron chi connectivity index (χ1n) is 7.99. The van der Waals surface area contributed by atoms with Crippen molar-refractivity contribution in [1.29, 1.82) is 0 Å². The molecule has 0 saturated heterocycles. The van der Waals surface area contributed by atoms with Crippen molar-refractivity contribution < 1.29 is 4.79 Å². The van der Waals surface area contributed by atoms with Gasteiger partial charge in [0.1, 0.15) is 0 Å². The molecule has 2 aromatic heterocycles. The van der Waals surface area contributed by atoms with Crippen LogP contribution in [0.1, 0.15) is 15.9 Å². The lowest BCUT2D eigenvalue weighted by atomic mass is 9.90. The number of carbonyl (C=O) groups is 1. The minimum atomic E-state index is -1.23. The van der Waals surface area contributed by atoms with Gasteiger partial charge in [0.05, 0.1) is 0 Å². The number of aromatic nitrogens is 4. The molecule has 0 aliphatic rings. The highest BCUT2D eigenvalue weighted by Crippen LogP contribution is 2.31. The van der Waals surface area contributed by atoms with E-state index in [1.165, 1.54) is 0 Å². The second kappa shape index (κ2) is 6.20. The number of hydrogen-bond acceptors (Lipinski definition) is 3. The zero-order chi connectivity index (χ0) is 17.1. The van der Waals surface area contributed by atoms with Gasteiger partial charge in [-0.2, -0.15) is 10.2 Å². The van der Waals surface area contributed by atoms with Gasteiger partial charge >= 0.3 is 0 Å². The van der Waals surface area contributed by atoms with Crippen molar-refractivity contribution in [3.05, 3.63) is 109 Å². The topological polar surface area (TPSA) is 52.7 Å². The molecule has 0 bridgehead atoms. The minimum Gasteiger partial charge on any atom is -0.289 e. The number of benzene rings is 2. The highest BCUT2D eigenvalue weighted by molar-refractivity contribution is 6.03. The lowest BCUT2D eigenvalue weighted by Crippen LogP contribution is -2.50. The van der Waals surface area contributed by atoms with E-state index >= 15 is 0 Å². The Morgan fingerprint density at radius 2 is 1.24 bits per heavy atom. The lowest BCUT2D eigenvalue weighted by molar-refractivity contribution is 0.0778. The molecule has 4 rings (SSSR count).